The smallest absolute Gasteiger partial charge is 0.422 e. The van der Waals surface area contributed by atoms with Gasteiger partial charge in [0.25, 0.3) is 0 Å². The number of hydrogen-bond donors (Lipinski definition) is 2. The van der Waals surface area contributed by atoms with Crippen molar-refractivity contribution in [1.29, 1.82) is 0 Å². The zero-order chi connectivity index (χ0) is 16.8. The highest BCUT2D eigenvalue weighted by atomic mass is 19.4. The van der Waals surface area contributed by atoms with E-state index in [2.05, 4.69) is 31.8 Å². The summed E-state index contributed by atoms with van der Waals surface area (Å²) in [5.41, 5.74) is 2.86. The Morgan fingerprint density at radius 3 is 2.59 bits per heavy atom. The summed E-state index contributed by atoms with van der Waals surface area (Å²) in [5.74, 6) is 3.45. The van der Waals surface area contributed by atoms with E-state index in [0.717, 1.165) is 6.08 Å². The van der Waals surface area contributed by atoms with Gasteiger partial charge in [-0.2, -0.15) is 13.2 Å². The van der Waals surface area contributed by atoms with Gasteiger partial charge in [-0.25, -0.2) is 20.2 Å². The van der Waals surface area contributed by atoms with Crippen LogP contribution in [0.25, 0.3) is 5.57 Å². The minimum atomic E-state index is -4.61. The van der Waals surface area contributed by atoms with Gasteiger partial charge in [-0.3, -0.25) is 4.98 Å². The molecule has 0 aliphatic rings. The molecule has 1 rings (SSSR count). The number of aliphatic imine (C=N–C) groups is 1. The molecule has 0 aliphatic carbocycles. The van der Waals surface area contributed by atoms with Crippen LogP contribution in [0.5, 0.6) is 0 Å². The summed E-state index contributed by atoms with van der Waals surface area (Å²) in [6.45, 7) is 2.79. The van der Waals surface area contributed by atoms with Crippen LogP contribution < -0.4 is 11.3 Å². The molecule has 10 heteroatoms. The topological polar surface area (TPSA) is 85.4 Å². The lowest BCUT2D eigenvalue weighted by molar-refractivity contribution is -0.165. The predicted molar refractivity (Wildman–Crippen MR) is 73.2 cm³/mol. The second-order valence-electron chi connectivity index (χ2n) is 3.97. The first kappa shape index (κ1) is 17.6. The standard InChI is InChI=1S/C12H13F4N5O/c1-7(9-4-20-10(21-17)5-19-9)3-8(13)11(18-2)22-6-12(14,15)16/h3-5H,2,6,17H2,1H3,(H,20,21)/b7-3+,11-8-. The summed E-state index contributed by atoms with van der Waals surface area (Å²) >= 11 is 0. The zero-order valence-corrected chi connectivity index (χ0v) is 11.5. The van der Waals surface area contributed by atoms with Crippen molar-refractivity contribution in [2.24, 2.45) is 10.8 Å². The third-order valence-electron chi connectivity index (χ3n) is 2.27. The van der Waals surface area contributed by atoms with E-state index in [1.165, 1.54) is 19.3 Å². The molecule has 3 N–H and O–H groups in total. The van der Waals surface area contributed by atoms with E-state index in [9.17, 15) is 17.6 Å². The van der Waals surface area contributed by atoms with Crippen LogP contribution in [-0.2, 0) is 4.74 Å². The molecule has 1 heterocycles. The SMILES string of the molecule is C=N/C(OCC(F)(F)F)=C(F)\C=C(/C)c1cnc(NN)cn1. The lowest BCUT2D eigenvalue weighted by atomic mass is 10.2. The second kappa shape index (κ2) is 7.50. The molecule has 120 valence electrons. The minimum absolute atomic E-state index is 0.297. The zero-order valence-electron chi connectivity index (χ0n) is 11.5. The molecule has 6 nitrogen and oxygen atoms in total. The normalized spacial score (nSPS) is 13.5. The van der Waals surface area contributed by atoms with E-state index >= 15 is 0 Å². The van der Waals surface area contributed by atoms with Gasteiger partial charge >= 0.3 is 6.18 Å². The molecule has 0 saturated heterocycles. The molecule has 1 aromatic rings. The Kier molecular flexibility index (Phi) is 5.99. The van der Waals surface area contributed by atoms with Crippen LogP contribution in [0.4, 0.5) is 23.4 Å². The van der Waals surface area contributed by atoms with E-state index < -0.39 is 24.5 Å². The molecule has 0 fully saturated rings. The van der Waals surface area contributed by atoms with Crippen molar-refractivity contribution in [2.75, 3.05) is 12.0 Å². The van der Waals surface area contributed by atoms with Gasteiger partial charge in [-0.15, -0.1) is 0 Å². The molecular formula is C12H13F4N5O. The lowest BCUT2D eigenvalue weighted by Gasteiger charge is -2.09. The highest BCUT2D eigenvalue weighted by Crippen LogP contribution is 2.21. The van der Waals surface area contributed by atoms with Crippen LogP contribution in [-0.4, -0.2) is 29.5 Å². The van der Waals surface area contributed by atoms with Crippen molar-refractivity contribution in [2.45, 2.75) is 13.1 Å². The number of rotatable bonds is 6. The van der Waals surface area contributed by atoms with Gasteiger partial charge in [-0.05, 0) is 25.3 Å². The highest BCUT2D eigenvalue weighted by molar-refractivity contribution is 5.63. The van der Waals surface area contributed by atoms with E-state index in [0.29, 0.717) is 17.1 Å². The summed E-state index contributed by atoms with van der Waals surface area (Å²) in [6.07, 6.45) is -1.07. The maximum atomic E-state index is 13.8. The fourth-order valence-electron chi connectivity index (χ4n) is 1.27. The number of ether oxygens (including phenoxy) is 1. The molecule has 0 aromatic carbocycles. The number of hydrogen-bond acceptors (Lipinski definition) is 6. The van der Waals surface area contributed by atoms with Crippen molar-refractivity contribution in [3.8, 4) is 0 Å². The van der Waals surface area contributed by atoms with Crippen LogP contribution in [0, 0.1) is 0 Å². The molecule has 22 heavy (non-hydrogen) atoms. The summed E-state index contributed by atoms with van der Waals surface area (Å²) < 4.78 is 54.2. The van der Waals surface area contributed by atoms with Crippen LogP contribution in [0.15, 0.2) is 35.2 Å². The second-order valence-corrected chi connectivity index (χ2v) is 3.97. The van der Waals surface area contributed by atoms with E-state index in [-0.39, 0.29) is 0 Å². The van der Waals surface area contributed by atoms with Gasteiger partial charge in [0.05, 0.1) is 18.1 Å². The Bertz CT molecular complexity index is 580. The Labute approximate surface area is 123 Å². The van der Waals surface area contributed by atoms with Crippen LogP contribution >= 0.6 is 0 Å². The summed E-state index contributed by atoms with van der Waals surface area (Å²) in [7, 11) is 0. The summed E-state index contributed by atoms with van der Waals surface area (Å²) in [6, 6.07) is 0. The fraction of sp³-hybridized carbons (Fsp3) is 0.250. The van der Waals surface area contributed by atoms with Gasteiger partial charge in [0.2, 0.25) is 5.88 Å². The number of alkyl halides is 3. The van der Waals surface area contributed by atoms with Gasteiger partial charge in [0.1, 0.15) is 0 Å². The molecule has 0 unspecified atom stereocenters. The van der Waals surface area contributed by atoms with E-state index in [1.807, 2.05) is 0 Å². The van der Waals surface area contributed by atoms with Crippen molar-refractivity contribution < 1.29 is 22.3 Å². The highest BCUT2D eigenvalue weighted by Gasteiger charge is 2.29. The van der Waals surface area contributed by atoms with E-state index in [4.69, 9.17) is 5.84 Å². The van der Waals surface area contributed by atoms with E-state index in [1.54, 1.807) is 0 Å². The number of halogens is 4. The van der Waals surface area contributed by atoms with Gasteiger partial charge < -0.3 is 10.2 Å². The predicted octanol–water partition coefficient (Wildman–Crippen LogP) is 2.58. The van der Waals surface area contributed by atoms with Crippen LogP contribution in [0.1, 0.15) is 12.6 Å². The largest absolute Gasteiger partial charge is 0.466 e. The number of allylic oxidation sites excluding steroid dienone is 3. The van der Waals surface area contributed by atoms with Crippen LogP contribution in [0.2, 0.25) is 0 Å². The maximum absolute atomic E-state index is 13.8. The Hall–Kier alpha value is -2.49. The Morgan fingerprint density at radius 2 is 2.14 bits per heavy atom. The fourth-order valence-corrected chi connectivity index (χ4v) is 1.27. The van der Waals surface area contributed by atoms with Crippen molar-refractivity contribution >= 4 is 18.1 Å². The lowest BCUT2D eigenvalue weighted by Crippen LogP contribution is -2.16. The summed E-state index contributed by atoms with van der Waals surface area (Å²) in [5, 5.41) is 0. The number of nitrogens with zero attached hydrogens (tertiary/aromatic N) is 3. The van der Waals surface area contributed by atoms with Crippen LogP contribution in [0.3, 0.4) is 0 Å². The maximum Gasteiger partial charge on any atom is 0.422 e. The quantitative estimate of drug-likeness (QED) is 0.210. The van der Waals surface area contributed by atoms with Crippen molar-refractivity contribution in [3.05, 3.63) is 35.9 Å². The Balaban J connectivity index is 2.94. The van der Waals surface area contributed by atoms with Crippen molar-refractivity contribution in [3.63, 3.8) is 0 Å². The van der Waals surface area contributed by atoms with Gasteiger partial charge in [0.15, 0.2) is 18.3 Å². The first-order valence-corrected chi connectivity index (χ1v) is 5.80. The first-order chi connectivity index (χ1) is 10.3. The number of nitrogen functional groups attached to an aromatic ring is 1. The average Bonchev–Trinajstić information content (AvgIpc) is 2.46. The molecule has 0 saturated carbocycles. The monoisotopic (exact) mass is 319 g/mol. The molecule has 0 atom stereocenters. The van der Waals surface area contributed by atoms with Gasteiger partial charge in [-0.1, -0.05) is 0 Å². The average molecular weight is 319 g/mol. The minimum Gasteiger partial charge on any atom is -0.466 e. The molecule has 0 bridgehead atoms. The number of aromatic nitrogens is 2. The molecule has 0 amide bonds. The number of hydrazine groups is 1. The van der Waals surface area contributed by atoms with Crippen molar-refractivity contribution in [1.82, 2.24) is 9.97 Å². The molecule has 0 radical (unpaired) electrons. The molecular weight excluding hydrogens is 306 g/mol. The third kappa shape index (κ3) is 5.48. The molecule has 1 aromatic heterocycles. The number of anilines is 1. The first-order valence-electron chi connectivity index (χ1n) is 5.80. The Morgan fingerprint density at radius 1 is 1.45 bits per heavy atom. The molecule has 0 spiro atoms. The third-order valence-corrected chi connectivity index (χ3v) is 2.27. The summed E-state index contributed by atoms with van der Waals surface area (Å²) in [4.78, 5) is 10.9. The molecule has 0 aliphatic heterocycles. The van der Waals surface area contributed by atoms with Gasteiger partial charge in [0, 0.05) is 0 Å². The number of nitrogens with two attached hydrogens (primary N) is 1. The number of nitrogens with one attached hydrogen (secondary N) is 1.